The first-order valence-electron chi connectivity index (χ1n) is 9.72. The molecule has 30 heavy (non-hydrogen) atoms. The quantitative estimate of drug-likeness (QED) is 0.309. The van der Waals surface area contributed by atoms with Gasteiger partial charge in [0, 0.05) is 24.0 Å². The van der Waals surface area contributed by atoms with E-state index in [1.54, 1.807) is 13.2 Å². The number of rotatable bonds is 9. The molecule has 0 atom stereocenters. The van der Waals surface area contributed by atoms with Crippen molar-refractivity contribution < 1.29 is 9.53 Å². The Hall–Kier alpha value is -3.44. The number of carbonyl (C=O) groups is 1. The number of nitrogens with zero attached hydrogens (tertiary/aromatic N) is 4. The highest BCUT2D eigenvalue weighted by atomic mass is 32.1. The zero-order chi connectivity index (χ0) is 21.3. The minimum Gasteiger partial charge on any atom is -0.497 e. The van der Waals surface area contributed by atoms with E-state index >= 15 is 0 Å². The van der Waals surface area contributed by atoms with E-state index in [4.69, 9.17) is 4.74 Å². The number of carbonyl (C=O) groups excluding carboxylic acids is 1. The number of aromatic nitrogens is 3. The third kappa shape index (κ3) is 5.33. The number of unbranched alkanes of at least 4 members (excludes halogenated alkanes) is 2. The molecule has 0 aliphatic carbocycles. The zero-order valence-electron chi connectivity index (χ0n) is 17.0. The van der Waals surface area contributed by atoms with Gasteiger partial charge in [0.1, 0.15) is 22.4 Å². The van der Waals surface area contributed by atoms with Crippen molar-refractivity contribution in [2.75, 3.05) is 12.4 Å². The summed E-state index contributed by atoms with van der Waals surface area (Å²) in [6, 6.07) is 13.2. The molecule has 3 aromatic rings. The summed E-state index contributed by atoms with van der Waals surface area (Å²) >= 11 is 1.34. The molecule has 2 heterocycles. The summed E-state index contributed by atoms with van der Waals surface area (Å²) in [5.74, 6) is 0.252. The molecule has 0 spiro atoms. The number of anilines is 1. The van der Waals surface area contributed by atoms with Crippen molar-refractivity contribution in [2.45, 2.75) is 32.6 Å². The van der Waals surface area contributed by atoms with Crippen LogP contribution in [0.25, 0.3) is 11.8 Å². The molecule has 0 saturated carbocycles. The van der Waals surface area contributed by atoms with Gasteiger partial charge in [0.05, 0.1) is 7.11 Å². The van der Waals surface area contributed by atoms with Crippen molar-refractivity contribution in [3.05, 3.63) is 58.9 Å². The predicted octanol–water partition coefficient (Wildman–Crippen LogP) is 4.62. The maximum Gasteiger partial charge on any atom is 0.268 e. The Kier molecular flexibility index (Phi) is 7.35. The number of amides is 1. The van der Waals surface area contributed by atoms with Crippen LogP contribution < -0.4 is 10.1 Å². The van der Waals surface area contributed by atoms with Gasteiger partial charge in [0.2, 0.25) is 5.13 Å². The average molecular weight is 422 g/mol. The molecule has 1 N–H and O–H groups in total. The fourth-order valence-corrected chi connectivity index (χ4v) is 3.66. The number of nitrogens with one attached hydrogen (secondary N) is 1. The van der Waals surface area contributed by atoms with Crippen LogP contribution in [-0.2, 0) is 11.2 Å². The summed E-state index contributed by atoms with van der Waals surface area (Å²) < 4.78 is 7.08. The molecule has 0 bridgehead atoms. The maximum atomic E-state index is 12.6. The Balaban J connectivity index is 1.74. The SMILES string of the molecule is CCCCCc1nnc(NC(=O)C(C#N)=Cc2cccn2-c2ccc(OC)cc2)s1. The standard InChI is InChI=1S/C22H23N5O2S/c1-3-4-5-8-20-25-26-22(30-20)24-21(28)16(15-23)14-18-7-6-13-27(18)17-9-11-19(29-2)12-10-17/h6-7,9-14H,3-5,8H2,1-2H3,(H,24,26,28). The van der Waals surface area contributed by atoms with Crippen molar-refractivity contribution >= 4 is 28.5 Å². The van der Waals surface area contributed by atoms with Crippen LogP contribution in [-0.4, -0.2) is 27.8 Å². The number of methoxy groups -OCH3 is 1. The summed E-state index contributed by atoms with van der Waals surface area (Å²) in [5.41, 5.74) is 1.60. The normalized spacial score (nSPS) is 11.2. The second-order valence-corrected chi connectivity index (χ2v) is 7.65. The van der Waals surface area contributed by atoms with Crippen LogP contribution in [0.1, 0.15) is 36.9 Å². The topological polar surface area (TPSA) is 92.8 Å². The molecule has 3 rings (SSSR count). The van der Waals surface area contributed by atoms with Crippen LogP contribution in [0.4, 0.5) is 5.13 Å². The van der Waals surface area contributed by atoms with Crippen LogP contribution in [0, 0.1) is 11.3 Å². The molecule has 0 radical (unpaired) electrons. The van der Waals surface area contributed by atoms with Crippen molar-refractivity contribution in [3.63, 3.8) is 0 Å². The summed E-state index contributed by atoms with van der Waals surface area (Å²) in [6.45, 7) is 2.15. The summed E-state index contributed by atoms with van der Waals surface area (Å²) in [7, 11) is 1.61. The molecule has 7 nitrogen and oxygen atoms in total. The minimum atomic E-state index is -0.503. The molecule has 1 amide bonds. The van der Waals surface area contributed by atoms with Crippen LogP contribution in [0.5, 0.6) is 5.75 Å². The zero-order valence-corrected chi connectivity index (χ0v) is 17.8. The average Bonchev–Trinajstić information content (AvgIpc) is 3.41. The first kappa shape index (κ1) is 21.3. The molecule has 8 heteroatoms. The number of benzene rings is 1. The smallest absolute Gasteiger partial charge is 0.268 e. The molecule has 0 saturated heterocycles. The van der Waals surface area contributed by atoms with Crippen molar-refractivity contribution in [1.82, 2.24) is 14.8 Å². The minimum absolute atomic E-state index is 0.00815. The van der Waals surface area contributed by atoms with Crippen LogP contribution in [0.3, 0.4) is 0 Å². The first-order chi connectivity index (χ1) is 14.6. The second kappa shape index (κ2) is 10.4. The highest BCUT2D eigenvalue weighted by molar-refractivity contribution is 7.15. The lowest BCUT2D eigenvalue weighted by Gasteiger charge is -2.08. The molecule has 2 aromatic heterocycles. The Morgan fingerprint density at radius 2 is 2.07 bits per heavy atom. The Morgan fingerprint density at radius 3 is 2.77 bits per heavy atom. The molecule has 154 valence electrons. The van der Waals surface area contributed by atoms with E-state index in [0.29, 0.717) is 10.8 Å². The van der Waals surface area contributed by atoms with Crippen LogP contribution in [0.15, 0.2) is 48.2 Å². The van der Waals surface area contributed by atoms with Crippen molar-refractivity contribution in [1.29, 1.82) is 5.26 Å². The summed E-state index contributed by atoms with van der Waals surface area (Å²) in [5, 5.41) is 21.6. The van der Waals surface area contributed by atoms with E-state index in [2.05, 4.69) is 22.4 Å². The molecular formula is C22H23N5O2S. The predicted molar refractivity (Wildman–Crippen MR) is 118 cm³/mol. The van der Waals surface area contributed by atoms with Gasteiger partial charge in [-0.3, -0.25) is 10.1 Å². The number of ether oxygens (including phenoxy) is 1. The van der Waals surface area contributed by atoms with E-state index in [9.17, 15) is 10.1 Å². The van der Waals surface area contributed by atoms with E-state index in [0.717, 1.165) is 42.1 Å². The van der Waals surface area contributed by atoms with Crippen molar-refractivity contribution in [2.24, 2.45) is 0 Å². The third-order valence-electron chi connectivity index (χ3n) is 4.47. The molecule has 0 fully saturated rings. The Labute approximate surface area is 179 Å². The Morgan fingerprint density at radius 1 is 1.27 bits per heavy atom. The van der Waals surface area contributed by atoms with E-state index < -0.39 is 5.91 Å². The third-order valence-corrected chi connectivity index (χ3v) is 5.37. The maximum absolute atomic E-state index is 12.6. The lowest BCUT2D eigenvalue weighted by Crippen LogP contribution is -2.13. The van der Waals surface area contributed by atoms with Gasteiger partial charge < -0.3 is 9.30 Å². The second-order valence-electron chi connectivity index (χ2n) is 6.58. The molecule has 1 aromatic carbocycles. The number of hydrogen-bond acceptors (Lipinski definition) is 6. The number of aryl methyl sites for hydroxylation is 1. The molecular weight excluding hydrogens is 398 g/mol. The molecule has 0 unspecified atom stereocenters. The fraction of sp³-hybridized carbons (Fsp3) is 0.273. The molecule has 0 aliphatic heterocycles. The van der Waals surface area contributed by atoms with E-state index in [-0.39, 0.29) is 5.57 Å². The van der Waals surface area contributed by atoms with Gasteiger partial charge in [-0.25, -0.2) is 0 Å². The van der Waals surface area contributed by atoms with E-state index in [1.165, 1.54) is 11.3 Å². The lowest BCUT2D eigenvalue weighted by molar-refractivity contribution is -0.112. The largest absolute Gasteiger partial charge is 0.497 e. The lowest BCUT2D eigenvalue weighted by atomic mass is 10.2. The van der Waals surface area contributed by atoms with Gasteiger partial charge >= 0.3 is 0 Å². The highest BCUT2D eigenvalue weighted by Gasteiger charge is 2.14. The van der Waals surface area contributed by atoms with Crippen LogP contribution in [0.2, 0.25) is 0 Å². The monoisotopic (exact) mass is 421 g/mol. The summed E-state index contributed by atoms with van der Waals surface area (Å²) in [6.07, 6.45) is 7.59. The van der Waals surface area contributed by atoms with Gasteiger partial charge in [0.15, 0.2) is 0 Å². The van der Waals surface area contributed by atoms with Gasteiger partial charge in [-0.2, -0.15) is 5.26 Å². The number of hydrogen-bond donors (Lipinski definition) is 1. The van der Waals surface area contributed by atoms with E-state index in [1.807, 2.05) is 53.2 Å². The van der Waals surface area contributed by atoms with Gasteiger partial charge in [-0.1, -0.05) is 31.1 Å². The number of nitriles is 1. The van der Waals surface area contributed by atoms with Crippen LogP contribution >= 0.6 is 11.3 Å². The Bertz CT molecular complexity index is 1060. The van der Waals surface area contributed by atoms with Gasteiger partial charge in [-0.15, -0.1) is 10.2 Å². The first-order valence-corrected chi connectivity index (χ1v) is 10.5. The van der Waals surface area contributed by atoms with Gasteiger partial charge in [0.25, 0.3) is 5.91 Å². The molecule has 0 aliphatic rings. The fourth-order valence-electron chi connectivity index (χ4n) is 2.88. The summed E-state index contributed by atoms with van der Waals surface area (Å²) in [4.78, 5) is 12.6. The van der Waals surface area contributed by atoms with Gasteiger partial charge in [-0.05, 0) is 48.9 Å². The highest BCUT2D eigenvalue weighted by Crippen LogP contribution is 2.21. The van der Waals surface area contributed by atoms with Crippen molar-refractivity contribution in [3.8, 4) is 17.5 Å².